The first kappa shape index (κ1) is 15.8. The lowest BCUT2D eigenvalue weighted by molar-refractivity contribution is 0.0704. The Labute approximate surface area is 144 Å². The van der Waals surface area contributed by atoms with Gasteiger partial charge >= 0.3 is 0 Å². The van der Waals surface area contributed by atoms with E-state index in [0.717, 1.165) is 42.9 Å². The second kappa shape index (κ2) is 7.02. The number of H-pyrrole nitrogens is 1. The number of aromatic nitrogens is 5. The molecule has 4 rings (SSSR count). The summed E-state index contributed by atoms with van der Waals surface area (Å²) in [5, 5.41) is 2.89. The summed E-state index contributed by atoms with van der Waals surface area (Å²) in [4.78, 5) is 28.2. The molecule has 1 aliphatic heterocycles. The molecule has 1 amide bonds. The predicted molar refractivity (Wildman–Crippen MR) is 91.2 cm³/mol. The number of hydrogen-bond acceptors (Lipinski definition) is 5. The van der Waals surface area contributed by atoms with Crippen LogP contribution in [0.3, 0.4) is 0 Å². The Kier molecular flexibility index (Phi) is 4.43. The van der Waals surface area contributed by atoms with Gasteiger partial charge in [-0.05, 0) is 18.9 Å². The fourth-order valence-electron chi connectivity index (χ4n) is 3.11. The lowest BCUT2D eigenvalue weighted by Crippen LogP contribution is -2.26. The number of carbonyl (C=O) groups excluding carboxylic acids is 1. The van der Waals surface area contributed by atoms with Gasteiger partial charge in [-0.15, -0.1) is 0 Å². The van der Waals surface area contributed by atoms with Crippen LogP contribution < -0.4 is 5.32 Å². The summed E-state index contributed by atoms with van der Waals surface area (Å²) in [7, 11) is 0. The number of hydrogen-bond donors (Lipinski definition) is 2. The maximum Gasteiger partial charge on any atom is 0.252 e. The van der Waals surface area contributed by atoms with Crippen molar-refractivity contribution in [2.75, 3.05) is 19.8 Å². The number of amides is 1. The van der Waals surface area contributed by atoms with Gasteiger partial charge in [-0.1, -0.05) is 0 Å². The molecule has 8 heteroatoms. The lowest BCUT2D eigenvalue weighted by atomic mass is 10.1. The zero-order valence-corrected chi connectivity index (χ0v) is 13.8. The van der Waals surface area contributed by atoms with Crippen molar-refractivity contribution in [3.8, 4) is 0 Å². The second-order valence-electron chi connectivity index (χ2n) is 6.14. The summed E-state index contributed by atoms with van der Waals surface area (Å²) in [6, 6.07) is 2.16. The van der Waals surface area contributed by atoms with Crippen molar-refractivity contribution in [1.82, 2.24) is 29.8 Å². The molecule has 130 valence electrons. The molecule has 0 radical (unpaired) electrons. The highest BCUT2D eigenvalue weighted by atomic mass is 16.5. The van der Waals surface area contributed by atoms with Crippen LogP contribution in [-0.4, -0.2) is 50.2 Å². The Balaban J connectivity index is 1.44. The van der Waals surface area contributed by atoms with Crippen molar-refractivity contribution in [3.05, 3.63) is 42.4 Å². The van der Waals surface area contributed by atoms with Gasteiger partial charge in [-0.3, -0.25) is 4.79 Å². The first-order valence-electron chi connectivity index (χ1n) is 8.47. The number of aromatic amines is 1. The standard InChI is InChI=1S/C17H20N6O2/c24-17(19-4-1-13-9-18-10-21-13)12-7-15-16(20-8-12)23(11-22-15)14-2-5-25-6-3-14/h7-11,14H,1-6H2,(H,18,21)(H,19,24). The number of fused-ring (bicyclic) bond motifs is 1. The Morgan fingerprint density at radius 3 is 3.00 bits per heavy atom. The molecule has 1 aliphatic rings. The van der Waals surface area contributed by atoms with Gasteiger partial charge in [0.2, 0.25) is 0 Å². The Hall–Kier alpha value is -2.74. The van der Waals surface area contributed by atoms with E-state index in [1.165, 1.54) is 0 Å². The fraction of sp³-hybridized carbons (Fsp3) is 0.412. The van der Waals surface area contributed by atoms with Crippen molar-refractivity contribution in [3.63, 3.8) is 0 Å². The number of nitrogens with one attached hydrogen (secondary N) is 2. The third-order valence-corrected chi connectivity index (χ3v) is 4.49. The molecule has 0 aromatic carbocycles. The summed E-state index contributed by atoms with van der Waals surface area (Å²) in [6.07, 6.45) is 9.44. The molecule has 1 saturated heterocycles. The van der Waals surface area contributed by atoms with Gasteiger partial charge in [0, 0.05) is 50.3 Å². The third-order valence-electron chi connectivity index (χ3n) is 4.49. The minimum atomic E-state index is -0.144. The van der Waals surface area contributed by atoms with Crippen molar-refractivity contribution in [2.24, 2.45) is 0 Å². The summed E-state index contributed by atoms with van der Waals surface area (Å²) >= 11 is 0. The van der Waals surface area contributed by atoms with Crippen LogP contribution in [0.1, 0.15) is 34.9 Å². The average molecular weight is 340 g/mol. The van der Waals surface area contributed by atoms with Crippen LogP contribution in [0, 0.1) is 0 Å². The molecular formula is C17H20N6O2. The molecular weight excluding hydrogens is 320 g/mol. The number of pyridine rings is 1. The molecule has 0 atom stereocenters. The largest absolute Gasteiger partial charge is 0.381 e. The third kappa shape index (κ3) is 3.39. The lowest BCUT2D eigenvalue weighted by Gasteiger charge is -2.23. The fourth-order valence-corrected chi connectivity index (χ4v) is 3.11. The summed E-state index contributed by atoms with van der Waals surface area (Å²) in [5.74, 6) is -0.144. The molecule has 2 N–H and O–H groups in total. The van der Waals surface area contributed by atoms with E-state index < -0.39 is 0 Å². The molecule has 8 nitrogen and oxygen atoms in total. The van der Waals surface area contributed by atoms with E-state index in [2.05, 4.69) is 29.8 Å². The van der Waals surface area contributed by atoms with Gasteiger partial charge in [0.05, 0.1) is 18.2 Å². The quantitative estimate of drug-likeness (QED) is 0.733. The summed E-state index contributed by atoms with van der Waals surface area (Å²) < 4.78 is 7.51. The zero-order valence-electron chi connectivity index (χ0n) is 13.8. The van der Waals surface area contributed by atoms with Crippen LogP contribution in [0.15, 0.2) is 31.1 Å². The molecule has 3 aromatic rings. The average Bonchev–Trinajstić information content (AvgIpc) is 3.31. The molecule has 1 fully saturated rings. The molecule has 25 heavy (non-hydrogen) atoms. The van der Waals surface area contributed by atoms with Crippen LogP contribution in [-0.2, 0) is 11.2 Å². The molecule has 4 heterocycles. The number of carbonyl (C=O) groups is 1. The van der Waals surface area contributed by atoms with Gasteiger partial charge in [0.15, 0.2) is 5.65 Å². The van der Waals surface area contributed by atoms with E-state index in [4.69, 9.17) is 4.74 Å². The molecule has 0 aliphatic carbocycles. The van der Waals surface area contributed by atoms with E-state index in [0.29, 0.717) is 24.6 Å². The second-order valence-corrected chi connectivity index (χ2v) is 6.14. The van der Waals surface area contributed by atoms with E-state index in [1.54, 1.807) is 24.8 Å². The highest BCUT2D eigenvalue weighted by Crippen LogP contribution is 2.24. The van der Waals surface area contributed by atoms with Gasteiger partial charge in [0.1, 0.15) is 5.52 Å². The summed E-state index contributed by atoms with van der Waals surface area (Å²) in [6.45, 7) is 2.07. The van der Waals surface area contributed by atoms with Crippen LogP contribution in [0.2, 0.25) is 0 Å². The highest BCUT2D eigenvalue weighted by molar-refractivity contribution is 5.96. The minimum Gasteiger partial charge on any atom is -0.381 e. The van der Waals surface area contributed by atoms with Gasteiger partial charge in [0.25, 0.3) is 5.91 Å². The van der Waals surface area contributed by atoms with Crippen molar-refractivity contribution < 1.29 is 9.53 Å². The Bertz CT molecular complexity index is 851. The number of rotatable bonds is 5. The molecule has 0 unspecified atom stereocenters. The predicted octanol–water partition coefficient (Wildman–Crippen LogP) is 1.48. The van der Waals surface area contributed by atoms with E-state index in [9.17, 15) is 4.79 Å². The molecule has 0 saturated carbocycles. The first-order valence-corrected chi connectivity index (χ1v) is 8.47. The maximum absolute atomic E-state index is 12.3. The van der Waals surface area contributed by atoms with Crippen LogP contribution >= 0.6 is 0 Å². The van der Waals surface area contributed by atoms with E-state index in [-0.39, 0.29) is 5.91 Å². The molecule has 0 bridgehead atoms. The van der Waals surface area contributed by atoms with Crippen LogP contribution in [0.5, 0.6) is 0 Å². The number of imidazole rings is 2. The number of ether oxygens (including phenoxy) is 1. The van der Waals surface area contributed by atoms with Gasteiger partial charge in [-0.2, -0.15) is 0 Å². The Morgan fingerprint density at radius 2 is 2.20 bits per heavy atom. The molecule has 3 aromatic heterocycles. The summed E-state index contributed by atoms with van der Waals surface area (Å²) in [5.41, 5.74) is 3.08. The normalized spacial score (nSPS) is 15.5. The van der Waals surface area contributed by atoms with E-state index >= 15 is 0 Å². The topological polar surface area (TPSA) is 97.7 Å². The monoisotopic (exact) mass is 340 g/mol. The van der Waals surface area contributed by atoms with Crippen molar-refractivity contribution in [1.29, 1.82) is 0 Å². The minimum absolute atomic E-state index is 0.144. The van der Waals surface area contributed by atoms with Crippen LogP contribution in [0.4, 0.5) is 0 Å². The zero-order chi connectivity index (χ0) is 17.1. The smallest absolute Gasteiger partial charge is 0.252 e. The van der Waals surface area contributed by atoms with Crippen molar-refractivity contribution >= 4 is 17.1 Å². The van der Waals surface area contributed by atoms with Crippen LogP contribution in [0.25, 0.3) is 11.2 Å². The first-order chi connectivity index (χ1) is 12.3. The molecule has 0 spiro atoms. The number of nitrogens with zero attached hydrogens (tertiary/aromatic N) is 4. The van der Waals surface area contributed by atoms with E-state index in [1.807, 2.05) is 6.33 Å². The van der Waals surface area contributed by atoms with Gasteiger partial charge in [-0.25, -0.2) is 15.0 Å². The van der Waals surface area contributed by atoms with Gasteiger partial charge < -0.3 is 19.6 Å². The Morgan fingerprint density at radius 1 is 1.32 bits per heavy atom. The SMILES string of the molecule is O=C(NCCc1cnc[nH]1)c1cnc2c(c1)ncn2C1CCOCC1. The maximum atomic E-state index is 12.3. The van der Waals surface area contributed by atoms with Crippen molar-refractivity contribution in [2.45, 2.75) is 25.3 Å². The highest BCUT2D eigenvalue weighted by Gasteiger charge is 2.19.